The van der Waals surface area contributed by atoms with Crippen molar-refractivity contribution in [1.82, 2.24) is 4.57 Å². The summed E-state index contributed by atoms with van der Waals surface area (Å²) in [4.78, 5) is 2.52. The van der Waals surface area contributed by atoms with E-state index >= 15 is 0 Å². The van der Waals surface area contributed by atoms with Crippen LogP contribution in [0, 0.1) is 0 Å². The number of para-hydroxylation sites is 5. The van der Waals surface area contributed by atoms with Crippen molar-refractivity contribution in [1.29, 1.82) is 0 Å². The van der Waals surface area contributed by atoms with Crippen molar-refractivity contribution in [3.05, 3.63) is 240 Å². The topological polar surface area (TPSA) is 8.17 Å². The third-order valence-corrected chi connectivity index (χ3v) is 14.0. The third kappa shape index (κ3) is 4.13. The summed E-state index contributed by atoms with van der Waals surface area (Å²) in [6, 6.07) is 77.2. The summed E-state index contributed by atoms with van der Waals surface area (Å²) >= 11 is 0. The molecule has 2 heterocycles. The molecule has 0 radical (unpaired) electrons. The van der Waals surface area contributed by atoms with Gasteiger partial charge in [0.1, 0.15) is 0 Å². The Labute approximate surface area is 350 Å². The Morgan fingerprint density at radius 2 is 0.883 bits per heavy atom. The standard InChI is InChI=1S/C58H40N2/c1-57(2)45-28-11-8-25-44(45)54-48(57)31-18-36-53(54)59(37-19-4-3-5-20-37)51-34-14-9-23-40(51)42-26-16-32-49-55(42)60-52-35-15-10-24-41(52)43-27-17-33-50(56(43)60)58(49)46-29-12-6-21-38(46)39-22-7-13-30-47(39)58/h3-36H,1-2H3. The van der Waals surface area contributed by atoms with Crippen LogP contribution in [0.2, 0.25) is 0 Å². The van der Waals surface area contributed by atoms with Gasteiger partial charge in [-0.05, 0) is 80.4 Å². The van der Waals surface area contributed by atoms with E-state index in [-0.39, 0.29) is 5.41 Å². The molecular weight excluding hydrogens is 725 g/mol. The molecule has 1 spiro atoms. The maximum Gasteiger partial charge on any atom is 0.0754 e. The van der Waals surface area contributed by atoms with E-state index in [1.165, 1.54) is 99.9 Å². The van der Waals surface area contributed by atoms with Crippen LogP contribution in [0.5, 0.6) is 0 Å². The van der Waals surface area contributed by atoms with Crippen molar-refractivity contribution in [2.75, 3.05) is 4.90 Å². The molecule has 2 nitrogen and oxygen atoms in total. The zero-order chi connectivity index (χ0) is 39.7. The molecule has 3 aliphatic rings. The van der Waals surface area contributed by atoms with Crippen molar-refractivity contribution >= 4 is 38.9 Å². The lowest BCUT2D eigenvalue weighted by molar-refractivity contribution is 0.660. The van der Waals surface area contributed by atoms with Gasteiger partial charge >= 0.3 is 0 Å². The second-order valence-corrected chi connectivity index (χ2v) is 17.2. The molecule has 0 unspecified atom stereocenters. The highest BCUT2D eigenvalue weighted by molar-refractivity contribution is 6.14. The van der Waals surface area contributed by atoms with E-state index in [0.717, 1.165) is 11.4 Å². The van der Waals surface area contributed by atoms with Gasteiger partial charge in [-0.15, -0.1) is 0 Å². The smallest absolute Gasteiger partial charge is 0.0754 e. The summed E-state index contributed by atoms with van der Waals surface area (Å²) in [5.74, 6) is 0. The van der Waals surface area contributed by atoms with Gasteiger partial charge < -0.3 is 9.47 Å². The fourth-order valence-electron chi connectivity index (χ4n) is 11.6. The Balaban J connectivity index is 1.17. The number of hydrogen-bond donors (Lipinski definition) is 0. The van der Waals surface area contributed by atoms with Gasteiger partial charge in [0.2, 0.25) is 0 Å². The van der Waals surface area contributed by atoms with Gasteiger partial charge in [-0.2, -0.15) is 0 Å². The summed E-state index contributed by atoms with van der Waals surface area (Å²) < 4.78 is 2.60. The van der Waals surface area contributed by atoms with Crippen LogP contribution in [0.15, 0.2) is 206 Å². The van der Waals surface area contributed by atoms with Crippen LogP contribution in [-0.2, 0) is 10.8 Å². The minimum atomic E-state index is -0.522. The van der Waals surface area contributed by atoms with E-state index in [1.807, 2.05) is 0 Å². The van der Waals surface area contributed by atoms with Gasteiger partial charge in [-0.1, -0.05) is 190 Å². The van der Waals surface area contributed by atoms with Crippen molar-refractivity contribution in [2.45, 2.75) is 24.7 Å². The maximum atomic E-state index is 2.60. The molecule has 1 aliphatic heterocycles. The molecule has 282 valence electrons. The first-order valence-corrected chi connectivity index (χ1v) is 21.1. The van der Waals surface area contributed by atoms with Crippen molar-refractivity contribution in [3.63, 3.8) is 0 Å². The van der Waals surface area contributed by atoms with Crippen LogP contribution in [0.4, 0.5) is 17.1 Å². The first kappa shape index (κ1) is 33.5. The average molecular weight is 765 g/mol. The Bertz CT molecular complexity index is 3370. The Hall–Kier alpha value is -7.42. The van der Waals surface area contributed by atoms with Gasteiger partial charge in [0.05, 0.1) is 33.5 Å². The van der Waals surface area contributed by atoms with Crippen LogP contribution in [0.25, 0.3) is 60.9 Å². The van der Waals surface area contributed by atoms with Crippen molar-refractivity contribution in [3.8, 4) is 39.1 Å². The maximum absolute atomic E-state index is 2.60. The van der Waals surface area contributed by atoms with E-state index in [2.05, 4.69) is 230 Å². The highest BCUT2D eigenvalue weighted by atomic mass is 15.1. The van der Waals surface area contributed by atoms with Crippen LogP contribution in [0.1, 0.15) is 47.2 Å². The SMILES string of the molecule is CC1(C)c2ccccc2-c2c(N(c3ccccc3)c3ccccc3-c3cccc4c3-n3c5ccccc5c5cccc(c53)C43c4ccccc4-c4ccccc43)cccc21. The summed E-state index contributed by atoms with van der Waals surface area (Å²) in [5, 5.41) is 2.55. The molecule has 2 heteroatoms. The third-order valence-electron chi connectivity index (χ3n) is 14.0. The second-order valence-electron chi connectivity index (χ2n) is 17.2. The lowest BCUT2D eigenvalue weighted by Gasteiger charge is -2.40. The highest BCUT2D eigenvalue weighted by Crippen LogP contribution is 2.62. The summed E-state index contributed by atoms with van der Waals surface area (Å²) in [7, 11) is 0. The molecule has 2 aliphatic carbocycles. The van der Waals surface area contributed by atoms with E-state index in [1.54, 1.807) is 0 Å². The monoisotopic (exact) mass is 764 g/mol. The normalized spacial score (nSPS) is 14.4. The zero-order valence-corrected chi connectivity index (χ0v) is 33.5. The number of rotatable bonds is 4. The molecule has 0 atom stereocenters. The fourth-order valence-corrected chi connectivity index (χ4v) is 11.6. The number of hydrogen-bond acceptors (Lipinski definition) is 1. The van der Waals surface area contributed by atoms with Crippen LogP contribution < -0.4 is 4.90 Å². The Kier molecular flexibility index (Phi) is 6.74. The van der Waals surface area contributed by atoms with Crippen LogP contribution in [-0.4, -0.2) is 4.57 Å². The number of benzene rings is 9. The molecule has 0 bridgehead atoms. The molecule has 1 aromatic heterocycles. The predicted molar refractivity (Wildman–Crippen MR) is 249 cm³/mol. The predicted octanol–water partition coefficient (Wildman–Crippen LogP) is 14.9. The number of anilines is 3. The van der Waals surface area contributed by atoms with Gasteiger partial charge in [-0.3, -0.25) is 0 Å². The minimum Gasteiger partial charge on any atom is -0.309 e. The fraction of sp³-hybridized carbons (Fsp3) is 0.0690. The zero-order valence-electron chi connectivity index (χ0n) is 33.5. The largest absolute Gasteiger partial charge is 0.309 e. The van der Waals surface area contributed by atoms with E-state index < -0.39 is 5.41 Å². The van der Waals surface area contributed by atoms with Crippen LogP contribution in [0.3, 0.4) is 0 Å². The molecule has 13 rings (SSSR count). The number of fused-ring (bicyclic) bond motifs is 15. The first-order chi connectivity index (χ1) is 29.6. The highest BCUT2D eigenvalue weighted by Gasteiger charge is 2.51. The molecule has 0 N–H and O–H groups in total. The molecular formula is C58H40N2. The molecule has 60 heavy (non-hydrogen) atoms. The van der Waals surface area contributed by atoms with E-state index in [9.17, 15) is 0 Å². The van der Waals surface area contributed by atoms with E-state index in [0.29, 0.717) is 0 Å². The minimum absolute atomic E-state index is 0.126. The summed E-state index contributed by atoms with van der Waals surface area (Å²) in [6.45, 7) is 4.74. The quantitative estimate of drug-likeness (QED) is 0.173. The van der Waals surface area contributed by atoms with E-state index in [4.69, 9.17) is 0 Å². The Morgan fingerprint density at radius 1 is 0.367 bits per heavy atom. The summed E-state index contributed by atoms with van der Waals surface area (Å²) in [5.41, 5.74) is 22.2. The average Bonchev–Trinajstić information content (AvgIpc) is 3.88. The van der Waals surface area contributed by atoms with Gasteiger partial charge in [0.25, 0.3) is 0 Å². The molecule has 10 aromatic rings. The molecule has 0 saturated heterocycles. The Morgan fingerprint density at radius 3 is 1.67 bits per heavy atom. The number of nitrogens with zero attached hydrogens (tertiary/aromatic N) is 2. The molecule has 0 amide bonds. The first-order valence-electron chi connectivity index (χ1n) is 21.1. The molecule has 0 saturated carbocycles. The lowest BCUT2D eigenvalue weighted by atomic mass is 9.65. The molecule has 9 aromatic carbocycles. The lowest BCUT2D eigenvalue weighted by Crippen LogP contribution is -2.33. The van der Waals surface area contributed by atoms with Gasteiger partial charge in [-0.25, -0.2) is 0 Å². The molecule has 0 fully saturated rings. The number of aromatic nitrogens is 1. The van der Waals surface area contributed by atoms with Gasteiger partial charge in [0.15, 0.2) is 0 Å². The van der Waals surface area contributed by atoms with Crippen molar-refractivity contribution < 1.29 is 0 Å². The summed E-state index contributed by atoms with van der Waals surface area (Å²) in [6.07, 6.45) is 0. The van der Waals surface area contributed by atoms with Crippen molar-refractivity contribution in [2.24, 2.45) is 0 Å². The second kappa shape index (κ2) is 12.1. The van der Waals surface area contributed by atoms with Crippen LogP contribution >= 0.6 is 0 Å². The van der Waals surface area contributed by atoms with Gasteiger partial charge in [0, 0.05) is 38.6 Å².